The molecule has 0 aromatic heterocycles. The number of anilines is 1. The average Bonchev–Trinajstić information content (AvgIpc) is 2.44. The van der Waals surface area contributed by atoms with Gasteiger partial charge in [-0.25, -0.2) is 0 Å². The highest BCUT2D eigenvalue weighted by Crippen LogP contribution is 2.28. The fourth-order valence-electron chi connectivity index (χ4n) is 2.01. The van der Waals surface area contributed by atoms with Crippen molar-refractivity contribution in [1.29, 1.82) is 0 Å². The summed E-state index contributed by atoms with van der Waals surface area (Å²) in [5, 5.41) is 2.82. The maximum Gasteiger partial charge on any atom is 0.221 e. The third-order valence-corrected chi connectivity index (χ3v) is 3.29. The van der Waals surface area contributed by atoms with E-state index in [1.807, 2.05) is 56.3 Å². The minimum atomic E-state index is -0.0644. The van der Waals surface area contributed by atoms with Crippen LogP contribution in [0.15, 0.2) is 42.5 Å². The SMILES string of the molecule is CC(=O)Nc1ccc(OCc2ccccc2)c(C)c1C. The molecule has 0 aliphatic heterocycles. The molecule has 0 saturated heterocycles. The van der Waals surface area contributed by atoms with Gasteiger partial charge in [0, 0.05) is 12.6 Å². The minimum absolute atomic E-state index is 0.0644. The Balaban J connectivity index is 2.13. The van der Waals surface area contributed by atoms with Gasteiger partial charge in [-0.2, -0.15) is 0 Å². The van der Waals surface area contributed by atoms with Crippen molar-refractivity contribution in [3.05, 3.63) is 59.2 Å². The van der Waals surface area contributed by atoms with Gasteiger partial charge in [-0.05, 0) is 42.7 Å². The predicted octanol–water partition coefficient (Wildman–Crippen LogP) is 3.84. The van der Waals surface area contributed by atoms with Gasteiger partial charge in [0.15, 0.2) is 0 Å². The minimum Gasteiger partial charge on any atom is -0.489 e. The van der Waals surface area contributed by atoms with Gasteiger partial charge in [-0.15, -0.1) is 0 Å². The number of hydrogen-bond acceptors (Lipinski definition) is 2. The third-order valence-electron chi connectivity index (χ3n) is 3.29. The van der Waals surface area contributed by atoms with Crippen molar-refractivity contribution in [3.63, 3.8) is 0 Å². The zero-order valence-electron chi connectivity index (χ0n) is 12.1. The molecule has 3 nitrogen and oxygen atoms in total. The molecule has 0 bridgehead atoms. The topological polar surface area (TPSA) is 38.3 Å². The van der Waals surface area contributed by atoms with Crippen molar-refractivity contribution in [2.45, 2.75) is 27.4 Å². The molecule has 20 heavy (non-hydrogen) atoms. The molecule has 104 valence electrons. The quantitative estimate of drug-likeness (QED) is 0.915. The van der Waals surface area contributed by atoms with Crippen LogP contribution in [-0.2, 0) is 11.4 Å². The molecule has 0 fully saturated rings. The molecule has 0 spiro atoms. The van der Waals surface area contributed by atoms with Gasteiger partial charge in [0.05, 0.1) is 0 Å². The van der Waals surface area contributed by atoms with E-state index in [-0.39, 0.29) is 5.91 Å². The lowest BCUT2D eigenvalue weighted by Crippen LogP contribution is -2.08. The van der Waals surface area contributed by atoms with E-state index in [0.717, 1.165) is 28.1 Å². The molecular formula is C17H19NO2. The van der Waals surface area contributed by atoms with Crippen LogP contribution >= 0.6 is 0 Å². The van der Waals surface area contributed by atoms with Gasteiger partial charge in [0.2, 0.25) is 5.91 Å². The molecule has 0 radical (unpaired) electrons. The summed E-state index contributed by atoms with van der Waals surface area (Å²) >= 11 is 0. The van der Waals surface area contributed by atoms with Gasteiger partial charge in [-0.3, -0.25) is 4.79 Å². The van der Waals surface area contributed by atoms with E-state index in [0.29, 0.717) is 6.61 Å². The molecule has 0 aliphatic carbocycles. The summed E-state index contributed by atoms with van der Waals surface area (Å²) in [6.45, 7) is 6.03. The molecule has 1 N–H and O–H groups in total. The summed E-state index contributed by atoms with van der Waals surface area (Å²) in [6.07, 6.45) is 0. The summed E-state index contributed by atoms with van der Waals surface area (Å²) in [7, 11) is 0. The van der Waals surface area contributed by atoms with Crippen LogP contribution in [0, 0.1) is 13.8 Å². The van der Waals surface area contributed by atoms with Gasteiger partial charge in [-0.1, -0.05) is 30.3 Å². The second-order valence-corrected chi connectivity index (χ2v) is 4.82. The summed E-state index contributed by atoms with van der Waals surface area (Å²) in [4.78, 5) is 11.1. The molecule has 0 saturated carbocycles. The molecule has 0 aliphatic rings. The Kier molecular flexibility index (Phi) is 4.41. The lowest BCUT2D eigenvalue weighted by atomic mass is 10.1. The van der Waals surface area contributed by atoms with E-state index < -0.39 is 0 Å². The summed E-state index contributed by atoms with van der Waals surface area (Å²) in [5.74, 6) is 0.783. The monoisotopic (exact) mass is 269 g/mol. The second kappa shape index (κ2) is 6.24. The van der Waals surface area contributed by atoms with Gasteiger partial charge < -0.3 is 10.1 Å². The molecule has 2 aromatic rings. The van der Waals surface area contributed by atoms with Crippen LogP contribution in [-0.4, -0.2) is 5.91 Å². The highest BCUT2D eigenvalue weighted by molar-refractivity contribution is 5.89. The first kappa shape index (κ1) is 14.1. The zero-order valence-corrected chi connectivity index (χ0v) is 12.1. The molecule has 1 amide bonds. The van der Waals surface area contributed by atoms with E-state index in [1.165, 1.54) is 6.92 Å². The van der Waals surface area contributed by atoms with E-state index >= 15 is 0 Å². The fourth-order valence-corrected chi connectivity index (χ4v) is 2.01. The normalized spacial score (nSPS) is 10.2. The maximum atomic E-state index is 11.1. The zero-order chi connectivity index (χ0) is 14.5. The predicted molar refractivity (Wildman–Crippen MR) is 81.0 cm³/mol. The van der Waals surface area contributed by atoms with Crippen molar-refractivity contribution < 1.29 is 9.53 Å². The molecule has 0 unspecified atom stereocenters. The Morgan fingerprint density at radius 2 is 1.75 bits per heavy atom. The van der Waals surface area contributed by atoms with Crippen LogP contribution in [0.25, 0.3) is 0 Å². The Bertz CT molecular complexity index is 606. The van der Waals surface area contributed by atoms with Gasteiger partial charge >= 0.3 is 0 Å². The maximum absolute atomic E-state index is 11.1. The lowest BCUT2D eigenvalue weighted by Gasteiger charge is -2.14. The van der Waals surface area contributed by atoms with Crippen molar-refractivity contribution in [2.75, 3.05) is 5.32 Å². The Morgan fingerprint density at radius 1 is 1.05 bits per heavy atom. The number of ether oxygens (including phenoxy) is 1. The van der Waals surface area contributed by atoms with Crippen LogP contribution in [0.3, 0.4) is 0 Å². The highest BCUT2D eigenvalue weighted by atomic mass is 16.5. The number of nitrogens with one attached hydrogen (secondary N) is 1. The number of amides is 1. The third kappa shape index (κ3) is 3.38. The Labute approximate surface area is 119 Å². The summed E-state index contributed by atoms with van der Waals surface area (Å²) < 4.78 is 5.85. The smallest absolute Gasteiger partial charge is 0.221 e. The molecule has 0 heterocycles. The van der Waals surface area contributed by atoms with Crippen LogP contribution in [0.5, 0.6) is 5.75 Å². The number of carbonyl (C=O) groups is 1. The second-order valence-electron chi connectivity index (χ2n) is 4.82. The first-order valence-electron chi connectivity index (χ1n) is 6.62. The number of carbonyl (C=O) groups excluding carboxylic acids is 1. The van der Waals surface area contributed by atoms with Crippen molar-refractivity contribution >= 4 is 11.6 Å². The standard InChI is InChI=1S/C17H19NO2/c1-12-13(2)17(10-9-16(12)18-14(3)19)20-11-15-7-5-4-6-8-15/h4-10H,11H2,1-3H3,(H,18,19). The van der Waals surface area contributed by atoms with Crippen molar-refractivity contribution in [1.82, 2.24) is 0 Å². The van der Waals surface area contributed by atoms with Crippen LogP contribution in [0.1, 0.15) is 23.6 Å². The van der Waals surface area contributed by atoms with Crippen LogP contribution in [0.2, 0.25) is 0 Å². The highest BCUT2D eigenvalue weighted by Gasteiger charge is 2.08. The Morgan fingerprint density at radius 3 is 2.40 bits per heavy atom. The van der Waals surface area contributed by atoms with Gasteiger partial charge in [0.25, 0.3) is 0 Å². The van der Waals surface area contributed by atoms with E-state index in [1.54, 1.807) is 0 Å². The van der Waals surface area contributed by atoms with Gasteiger partial charge in [0.1, 0.15) is 12.4 Å². The van der Waals surface area contributed by atoms with Crippen molar-refractivity contribution in [2.24, 2.45) is 0 Å². The molecule has 2 rings (SSSR count). The van der Waals surface area contributed by atoms with Crippen LogP contribution < -0.4 is 10.1 Å². The first-order chi connectivity index (χ1) is 9.58. The number of rotatable bonds is 4. The molecule has 0 atom stereocenters. The molecular weight excluding hydrogens is 250 g/mol. The van der Waals surface area contributed by atoms with Crippen molar-refractivity contribution in [3.8, 4) is 5.75 Å². The van der Waals surface area contributed by atoms with E-state index in [4.69, 9.17) is 4.74 Å². The number of hydrogen-bond donors (Lipinski definition) is 1. The average molecular weight is 269 g/mol. The Hall–Kier alpha value is -2.29. The van der Waals surface area contributed by atoms with Crippen LogP contribution in [0.4, 0.5) is 5.69 Å². The largest absolute Gasteiger partial charge is 0.489 e. The van der Waals surface area contributed by atoms with E-state index in [9.17, 15) is 4.79 Å². The van der Waals surface area contributed by atoms with E-state index in [2.05, 4.69) is 5.32 Å². The molecule has 2 aromatic carbocycles. The lowest BCUT2D eigenvalue weighted by molar-refractivity contribution is -0.114. The molecule has 3 heteroatoms. The summed E-state index contributed by atoms with van der Waals surface area (Å²) in [6, 6.07) is 13.8. The fraction of sp³-hybridized carbons (Fsp3) is 0.235. The summed E-state index contributed by atoms with van der Waals surface area (Å²) in [5.41, 5.74) is 4.05. The first-order valence-corrected chi connectivity index (χ1v) is 6.62. The number of benzene rings is 2.